The van der Waals surface area contributed by atoms with Crippen LogP contribution in [0.3, 0.4) is 0 Å². The fraction of sp³-hybridized carbons (Fsp3) is 0.408. The predicted molar refractivity (Wildman–Crippen MR) is 446 cm³/mol. The molecule has 0 aliphatic carbocycles. The number of esters is 1. The first-order valence-electron chi connectivity index (χ1n) is 36.0. The highest BCUT2D eigenvalue weighted by Gasteiger charge is 2.52. The van der Waals surface area contributed by atoms with Crippen LogP contribution in [0.5, 0.6) is 11.5 Å². The highest BCUT2D eigenvalue weighted by molar-refractivity contribution is 9.09. The lowest BCUT2D eigenvalue weighted by Gasteiger charge is -2.39. The molecule has 50 heteroatoms. The fourth-order valence-corrected chi connectivity index (χ4v) is 10.7. The molecule has 5 aromatic rings. The van der Waals surface area contributed by atoms with Crippen molar-refractivity contribution in [2.75, 3.05) is 69.2 Å². The molecule has 0 saturated carbocycles. The number of nitrogens with one attached hydrogen (secondary N) is 5. The number of halogens is 13. The zero-order valence-corrected chi connectivity index (χ0v) is 73.3. The number of carbonyl (C=O) groups excluding carboxylic acids is 8. The lowest BCUT2D eigenvalue weighted by atomic mass is 10.0. The maximum Gasteiger partial charge on any atom is 0.423 e. The molecular formula is C76H88Br3ClF9N11O26. The van der Waals surface area contributed by atoms with E-state index < -0.39 is 137 Å². The third-order valence-electron chi connectivity index (χ3n) is 16.6. The number of carbonyl (C=O) groups is 11. The minimum absolute atomic E-state index is 0.0509. The number of morpholine rings is 1. The summed E-state index contributed by atoms with van der Waals surface area (Å²) in [6.07, 6.45) is -10.00. The summed E-state index contributed by atoms with van der Waals surface area (Å²) in [6.45, 7) is 19.4. The summed E-state index contributed by atoms with van der Waals surface area (Å²) >= 11 is 13.8. The van der Waals surface area contributed by atoms with Crippen LogP contribution in [-0.4, -0.2) is 208 Å². The third-order valence-corrected chi connectivity index (χ3v) is 20.1. The molecule has 7 atom stereocenters. The van der Waals surface area contributed by atoms with Gasteiger partial charge in [0.1, 0.15) is 58.5 Å². The molecule has 37 nitrogen and oxygen atoms in total. The molecule has 0 bridgehead atoms. The van der Waals surface area contributed by atoms with Gasteiger partial charge >= 0.3 is 42.4 Å². The summed E-state index contributed by atoms with van der Waals surface area (Å²) in [7, 11) is 0. The van der Waals surface area contributed by atoms with E-state index in [9.17, 15) is 133 Å². The number of hydrogen-bond acceptors (Lipinski definition) is 25. The largest absolute Gasteiger partial charge is 0.508 e. The number of benzene rings is 5. The lowest BCUT2D eigenvalue weighted by molar-refractivity contribution is -0.388. The highest BCUT2D eigenvalue weighted by Crippen LogP contribution is 2.41. The zero-order valence-electron chi connectivity index (χ0n) is 67.8. The molecule has 9 rings (SSSR count). The van der Waals surface area contributed by atoms with Crippen molar-refractivity contribution in [3.05, 3.63) is 174 Å². The average Bonchev–Trinajstić information content (AvgIpc) is 1.59. The van der Waals surface area contributed by atoms with E-state index in [0.29, 0.717) is 77.7 Å². The van der Waals surface area contributed by atoms with Gasteiger partial charge in [0.25, 0.3) is 34.8 Å². The number of aliphatic carboxylic acids is 3. The average molecular weight is 2020 g/mol. The Morgan fingerprint density at radius 3 is 1.34 bits per heavy atom. The molecule has 4 heterocycles. The number of nitro benzene ring substituents is 3. The number of carboxylic acids is 3. The molecule has 4 fully saturated rings. The number of ether oxygens (including phenoxy) is 2. The van der Waals surface area contributed by atoms with Crippen LogP contribution in [0.15, 0.2) is 127 Å². The Hall–Kier alpha value is -11.5. The van der Waals surface area contributed by atoms with Crippen molar-refractivity contribution in [3.63, 3.8) is 0 Å². The fourth-order valence-electron chi connectivity index (χ4n) is 9.85. The number of phenolic OH excluding ortho intramolecular Hbond substituents is 1. The number of likely N-dealkylation sites (tertiary alicyclic amines) is 1. The summed E-state index contributed by atoms with van der Waals surface area (Å²) in [5.41, 5.74) is -8.01. The van der Waals surface area contributed by atoms with E-state index in [2.05, 4.69) is 87.5 Å². The number of rotatable bonds is 20. The number of phenols is 1. The van der Waals surface area contributed by atoms with Crippen LogP contribution < -0.4 is 37.1 Å². The highest BCUT2D eigenvalue weighted by atomic mass is 79.9. The monoisotopic (exact) mass is 2010 g/mol. The van der Waals surface area contributed by atoms with E-state index in [1.165, 1.54) is 62.1 Å². The van der Waals surface area contributed by atoms with Crippen LogP contribution in [0.4, 0.5) is 85.0 Å². The second-order valence-corrected chi connectivity index (χ2v) is 29.8. The van der Waals surface area contributed by atoms with Crippen LogP contribution in [0, 0.1) is 30.3 Å². The first-order valence-corrected chi connectivity index (χ1v) is 39.8. The van der Waals surface area contributed by atoms with Gasteiger partial charge in [-0.3, -0.25) is 68.7 Å². The zero-order chi connectivity index (χ0) is 97.3. The molecular weight excluding hydrogens is 1930 g/mol. The van der Waals surface area contributed by atoms with Gasteiger partial charge in [0.15, 0.2) is 16.8 Å². The van der Waals surface area contributed by atoms with Gasteiger partial charge in [-0.2, -0.15) is 39.5 Å². The molecule has 0 radical (unpaired) electrons. The number of hydrogen-bond donors (Lipinski definition) is 13. The number of amides is 6. The van der Waals surface area contributed by atoms with Crippen LogP contribution in [0.25, 0.3) is 0 Å². The standard InChI is InChI=1S/C19H18F3N3O6.C11H10BrF3N2O4.C9H12BrNO3.C9H13NO3.C8H9NO2.C7H5F3N2O2.C5H9NO2.C4H7BrO3.C4H5ClO/c1-11(26)23-12-3-6-14(7-4-12)31-10-18(2,28)17(27)24-13-5-8-16(25(29)30)15(9-13)19(20,21)22;1-10(19,5-12)9(18)16-6-2-3-8(17(20)21)7(4-6)11(13,14)15;1-9(5-10)8(13)11-4-2-3-6(11)7(12)14-9;1-6(2)8(11)10-5-3-4-7(10)9(12)13;1-6(10)9-7-2-4-8(11)5-3-7;8-7(9,10)5-3-4(11)1-2-6(5)12(13)14;7-5(8)4-2-1-3-6-4;1-4(8,2-5)3(6)7;1-3(2)4(5)6/h3-9,28H,10H2,1-2H3,(H,23,26)(H,24,27);2-4,19H,5H2,1H3,(H,16,18);6H,2-5H2,1H3;7H,1,3-5H2,2H3,(H,12,13);2-5,11H,1H3,(H,9,10);1-3H,11H2;4,6H,1-3H2,(H,7,8);8H,2H2,1H3,(H,6,7);1H2,2H3/t18-;10-;6-,9?;7-;;;2*4-;/m0011..10./s1. The number of cyclic esters (lactones) is 1. The topological polar surface area (TPSA) is 570 Å². The van der Waals surface area contributed by atoms with E-state index >= 15 is 0 Å². The Morgan fingerprint density at radius 1 is 0.595 bits per heavy atom. The number of aliphatic hydroxyl groups is 3. The molecule has 6 amide bonds. The summed E-state index contributed by atoms with van der Waals surface area (Å²) in [4.78, 5) is 152. The summed E-state index contributed by atoms with van der Waals surface area (Å²) in [5, 5.41) is 106. The van der Waals surface area contributed by atoms with E-state index in [4.69, 9.17) is 52.3 Å². The van der Waals surface area contributed by atoms with Crippen LogP contribution in [0.2, 0.25) is 0 Å². The molecule has 14 N–H and O–H groups in total. The lowest BCUT2D eigenvalue weighted by Crippen LogP contribution is -2.60. The van der Waals surface area contributed by atoms with Crippen molar-refractivity contribution in [1.82, 2.24) is 15.1 Å². The van der Waals surface area contributed by atoms with Crippen LogP contribution >= 0.6 is 59.4 Å². The van der Waals surface area contributed by atoms with E-state index in [0.717, 1.165) is 76.8 Å². The van der Waals surface area contributed by atoms with Crippen molar-refractivity contribution >= 4 is 169 Å². The molecule has 4 aliphatic rings. The Balaban J connectivity index is 0.000000740. The van der Waals surface area contributed by atoms with E-state index in [-0.39, 0.29) is 80.9 Å². The number of anilines is 5. The number of nitrogens with zero attached hydrogens (tertiary/aromatic N) is 5. The van der Waals surface area contributed by atoms with Crippen molar-refractivity contribution in [2.45, 2.75) is 153 Å². The van der Waals surface area contributed by atoms with Gasteiger partial charge in [-0.15, -0.1) is 0 Å². The van der Waals surface area contributed by atoms with Crippen molar-refractivity contribution in [1.29, 1.82) is 0 Å². The number of nitrogens with two attached hydrogens (primary N) is 1. The maximum absolute atomic E-state index is 13.1. The quantitative estimate of drug-likeness (QED) is 0.00396. The Kier molecular flexibility index (Phi) is 44.6. The van der Waals surface area contributed by atoms with Gasteiger partial charge in [0.2, 0.25) is 23.0 Å². The number of carboxylic acid groups (broad SMARTS) is 3. The van der Waals surface area contributed by atoms with E-state index in [1.807, 2.05) is 0 Å². The predicted octanol–water partition coefficient (Wildman–Crippen LogP) is 12.3. The Bertz CT molecular complexity index is 4730. The maximum atomic E-state index is 13.1. The minimum Gasteiger partial charge on any atom is -0.508 e. The van der Waals surface area contributed by atoms with Crippen molar-refractivity contribution in [2.24, 2.45) is 0 Å². The second-order valence-electron chi connectivity index (χ2n) is 27.8. The molecule has 126 heavy (non-hydrogen) atoms. The molecule has 4 aliphatic heterocycles. The van der Waals surface area contributed by atoms with Crippen LogP contribution in [-0.2, 0) is 76.0 Å². The molecule has 1 unspecified atom stereocenters. The molecule has 0 aromatic heterocycles. The van der Waals surface area contributed by atoms with Gasteiger partial charge in [-0.05, 0) is 183 Å². The van der Waals surface area contributed by atoms with E-state index in [1.54, 1.807) is 37.8 Å². The minimum atomic E-state index is -5.02. The van der Waals surface area contributed by atoms with Crippen LogP contribution in [0.1, 0.15) is 111 Å². The SMILES string of the molecule is C=C(C)C(=O)Cl.C=C(C)C(=O)N1CCC[C@@H]1C(=O)O.CC(=O)Nc1ccc(O)cc1.CC(=O)Nc1ccc(OC[C@](C)(O)C(=O)Nc2ccc([N+](=O)[O-])c(C(F)(F)F)c2)cc1.CC1(CBr)OC(=O)[C@H]2CCCN2C1=O.C[C@](O)(CBr)C(=O)Nc1ccc([N+](=O)[O-])c(C(F)(F)F)c1.C[C@](O)(CBr)C(=O)O.Nc1ccc([N+](=O)[O-])c(C(F)(F)F)c1.O=C(O)[C@H]1CCCN1. The van der Waals surface area contributed by atoms with Gasteiger partial charge in [-0.25, -0.2) is 14.4 Å². The molecule has 694 valence electrons. The van der Waals surface area contributed by atoms with Gasteiger partial charge in [0, 0.05) is 95.4 Å². The smallest absolute Gasteiger partial charge is 0.423 e. The van der Waals surface area contributed by atoms with Crippen molar-refractivity contribution < 1.29 is 152 Å². The number of allylic oxidation sites excluding steroid dienone is 1. The normalized spacial score (nSPS) is 17.3. The number of fused-ring (bicyclic) bond motifs is 1. The molecule has 4 saturated heterocycles. The first kappa shape index (κ1) is 112. The third kappa shape index (κ3) is 37.7. The first-order chi connectivity index (χ1) is 57.8. The summed E-state index contributed by atoms with van der Waals surface area (Å²) < 4.78 is 125. The van der Waals surface area contributed by atoms with Crippen molar-refractivity contribution in [3.8, 4) is 11.5 Å². The number of aromatic hydroxyl groups is 1. The van der Waals surface area contributed by atoms with Gasteiger partial charge < -0.3 is 87.3 Å². The number of nitrogen functional groups attached to an aromatic ring is 1. The molecule has 5 aromatic carbocycles. The molecule has 0 spiro atoms. The number of alkyl halides is 12. The van der Waals surface area contributed by atoms with Gasteiger partial charge in [0.05, 0.1) is 20.1 Å². The Morgan fingerprint density at radius 2 is 1.00 bits per heavy atom. The second kappa shape index (κ2) is 50.0. The Labute approximate surface area is 741 Å². The summed E-state index contributed by atoms with van der Waals surface area (Å²) in [6, 6.07) is 17.4. The summed E-state index contributed by atoms with van der Waals surface area (Å²) in [5.74, 6) is -5.39. The van der Waals surface area contributed by atoms with Gasteiger partial charge in [-0.1, -0.05) is 60.9 Å². The number of nitro groups is 3.